The molecule has 0 atom stereocenters. The Hall–Kier alpha value is -2.30. The second-order valence-corrected chi connectivity index (χ2v) is 4.99. The summed E-state index contributed by atoms with van der Waals surface area (Å²) >= 11 is 0. The molecule has 5 nitrogen and oxygen atoms in total. The van der Waals surface area contributed by atoms with Crippen molar-refractivity contribution >= 4 is 5.97 Å². The highest BCUT2D eigenvalue weighted by Gasteiger charge is 2.13. The maximum atomic E-state index is 10.9. The van der Waals surface area contributed by atoms with Crippen LogP contribution in [-0.4, -0.2) is 27.0 Å². The molecule has 1 aromatic heterocycles. The average Bonchev–Trinajstić information content (AvgIpc) is 2.74. The van der Waals surface area contributed by atoms with Crippen molar-refractivity contribution in [1.82, 2.24) is 9.78 Å². The number of rotatable bonds is 4. The van der Waals surface area contributed by atoms with Crippen LogP contribution in [0.2, 0.25) is 0 Å². The van der Waals surface area contributed by atoms with E-state index in [1.165, 1.54) is 0 Å². The van der Waals surface area contributed by atoms with Crippen molar-refractivity contribution in [3.8, 4) is 17.0 Å². The number of hydrogen-bond donors (Lipinski definition) is 1. The fourth-order valence-electron chi connectivity index (χ4n) is 2.04. The third-order valence-electron chi connectivity index (χ3n) is 2.93. The second-order valence-electron chi connectivity index (χ2n) is 4.99. The first-order valence-corrected chi connectivity index (χ1v) is 6.43. The molecule has 1 N–H and O–H groups in total. The maximum Gasteiger partial charge on any atom is 0.356 e. The molecule has 0 bridgehead atoms. The van der Waals surface area contributed by atoms with Gasteiger partial charge in [0.25, 0.3) is 0 Å². The van der Waals surface area contributed by atoms with Crippen molar-refractivity contribution in [2.75, 3.05) is 0 Å². The Kier molecular flexibility index (Phi) is 3.79. The van der Waals surface area contributed by atoms with E-state index in [1.807, 2.05) is 39.0 Å². The zero-order valence-corrected chi connectivity index (χ0v) is 12.0. The lowest BCUT2D eigenvalue weighted by atomic mass is 10.1. The summed E-state index contributed by atoms with van der Waals surface area (Å²) in [6, 6.07) is 7.35. The lowest BCUT2D eigenvalue weighted by molar-refractivity contribution is 0.0689. The Morgan fingerprint density at radius 1 is 1.35 bits per heavy atom. The summed E-state index contributed by atoms with van der Waals surface area (Å²) in [4.78, 5) is 10.9. The minimum Gasteiger partial charge on any atom is -0.491 e. The molecule has 1 aromatic carbocycles. The number of benzene rings is 1. The molecule has 0 fully saturated rings. The minimum absolute atomic E-state index is 0.0441. The molecule has 0 aliphatic rings. The topological polar surface area (TPSA) is 64.3 Å². The fraction of sp³-hybridized carbons (Fsp3) is 0.333. The standard InChI is InChI=1S/C15H18N2O3/c1-9(2)20-14-6-5-11(7-10(14)3)13-8-12(15(18)19)16-17(13)4/h5-9H,1-4H3,(H,18,19). The maximum absolute atomic E-state index is 10.9. The fourth-order valence-corrected chi connectivity index (χ4v) is 2.04. The van der Waals surface area contributed by atoms with Gasteiger partial charge in [-0.3, -0.25) is 4.68 Å². The van der Waals surface area contributed by atoms with Crippen molar-refractivity contribution in [3.63, 3.8) is 0 Å². The highest BCUT2D eigenvalue weighted by Crippen LogP contribution is 2.27. The molecule has 0 spiro atoms. The third-order valence-corrected chi connectivity index (χ3v) is 2.93. The molecule has 0 saturated carbocycles. The van der Waals surface area contributed by atoms with Crippen LogP contribution in [0, 0.1) is 6.92 Å². The van der Waals surface area contributed by atoms with Crippen LogP contribution in [0.5, 0.6) is 5.75 Å². The zero-order chi connectivity index (χ0) is 14.9. The largest absolute Gasteiger partial charge is 0.491 e. The van der Waals surface area contributed by atoms with E-state index in [-0.39, 0.29) is 11.8 Å². The summed E-state index contributed by atoms with van der Waals surface area (Å²) in [5, 5.41) is 12.9. The predicted octanol–water partition coefficient (Wildman–Crippen LogP) is 2.88. The molecule has 2 aromatic rings. The number of aromatic carboxylic acids is 1. The van der Waals surface area contributed by atoms with Crippen LogP contribution in [0.3, 0.4) is 0 Å². The Morgan fingerprint density at radius 2 is 2.05 bits per heavy atom. The van der Waals surface area contributed by atoms with E-state index in [1.54, 1.807) is 17.8 Å². The van der Waals surface area contributed by atoms with Crippen LogP contribution in [0.4, 0.5) is 0 Å². The molecule has 106 valence electrons. The summed E-state index contributed by atoms with van der Waals surface area (Å²) < 4.78 is 7.26. The van der Waals surface area contributed by atoms with Gasteiger partial charge in [0.2, 0.25) is 0 Å². The molecule has 0 aliphatic carbocycles. The Morgan fingerprint density at radius 3 is 2.55 bits per heavy atom. The molecule has 1 heterocycles. The molecule has 0 aliphatic heterocycles. The van der Waals surface area contributed by atoms with E-state index in [0.29, 0.717) is 0 Å². The van der Waals surface area contributed by atoms with Crippen molar-refractivity contribution in [2.24, 2.45) is 7.05 Å². The van der Waals surface area contributed by atoms with Gasteiger partial charge in [0.05, 0.1) is 11.8 Å². The number of carbonyl (C=O) groups is 1. The molecule has 0 radical (unpaired) electrons. The van der Waals surface area contributed by atoms with Crippen LogP contribution >= 0.6 is 0 Å². The lowest BCUT2D eigenvalue weighted by Gasteiger charge is -2.13. The van der Waals surface area contributed by atoms with E-state index in [4.69, 9.17) is 9.84 Å². The molecule has 20 heavy (non-hydrogen) atoms. The lowest BCUT2D eigenvalue weighted by Crippen LogP contribution is -2.06. The Labute approximate surface area is 117 Å². The third kappa shape index (κ3) is 2.82. The first-order chi connectivity index (χ1) is 9.38. The van der Waals surface area contributed by atoms with E-state index < -0.39 is 5.97 Å². The monoisotopic (exact) mass is 274 g/mol. The summed E-state index contributed by atoms with van der Waals surface area (Å²) in [5.74, 6) is -0.187. The van der Waals surface area contributed by atoms with Crippen LogP contribution in [0.1, 0.15) is 29.9 Å². The van der Waals surface area contributed by atoms with Crippen molar-refractivity contribution in [2.45, 2.75) is 26.9 Å². The van der Waals surface area contributed by atoms with E-state index >= 15 is 0 Å². The summed E-state index contributed by atoms with van der Waals surface area (Å²) in [7, 11) is 1.73. The molecular formula is C15H18N2O3. The number of aryl methyl sites for hydroxylation is 2. The first kappa shape index (κ1) is 14.1. The average molecular weight is 274 g/mol. The molecule has 5 heteroatoms. The number of aromatic nitrogens is 2. The van der Waals surface area contributed by atoms with Crippen molar-refractivity contribution in [3.05, 3.63) is 35.5 Å². The van der Waals surface area contributed by atoms with Gasteiger partial charge in [-0.1, -0.05) is 0 Å². The first-order valence-electron chi connectivity index (χ1n) is 6.43. The van der Waals surface area contributed by atoms with Crippen LogP contribution in [0.25, 0.3) is 11.3 Å². The van der Waals surface area contributed by atoms with Crippen LogP contribution in [-0.2, 0) is 7.05 Å². The van der Waals surface area contributed by atoms with Gasteiger partial charge >= 0.3 is 5.97 Å². The SMILES string of the molecule is Cc1cc(-c2cc(C(=O)O)nn2C)ccc1OC(C)C. The van der Waals surface area contributed by atoms with Gasteiger partial charge in [0.1, 0.15) is 5.75 Å². The van der Waals surface area contributed by atoms with Crippen LogP contribution in [0.15, 0.2) is 24.3 Å². The number of nitrogens with zero attached hydrogens (tertiary/aromatic N) is 2. The summed E-state index contributed by atoms with van der Waals surface area (Å²) in [6.45, 7) is 5.93. The van der Waals surface area contributed by atoms with Crippen molar-refractivity contribution < 1.29 is 14.6 Å². The Bertz CT molecular complexity index is 645. The Balaban J connectivity index is 2.39. The molecule has 0 unspecified atom stereocenters. The molecule has 2 rings (SSSR count). The highest BCUT2D eigenvalue weighted by atomic mass is 16.5. The van der Waals surface area contributed by atoms with Crippen LogP contribution < -0.4 is 4.74 Å². The quantitative estimate of drug-likeness (QED) is 0.931. The van der Waals surface area contributed by atoms with Gasteiger partial charge in [-0.25, -0.2) is 4.79 Å². The number of carboxylic acid groups (broad SMARTS) is 1. The van der Waals surface area contributed by atoms with Gasteiger partial charge in [-0.2, -0.15) is 5.10 Å². The predicted molar refractivity (Wildman–Crippen MR) is 76.1 cm³/mol. The van der Waals surface area contributed by atoms with Gasteiger partial charge < -0.3 is 9.84 Å². The van der Waals surface area contributed by atoms with Gasteiger partial charge in [-0.15, -0.1) is 0 Å². The smallest absolute Gasteiger partial charge is 0.356 e. The normalized spacial score (nSPS) is 10.8. The number of ether oxygens (including phenoxy) is 1. The highest BCUT2D eigenvalue weighted by molar-refractivity contribution is 5.87. The number of hydrogen-bond acceptors (Lipinski definition) is 3. The second kappa shape index (κ2) is 5.36. The molecule has 0 amide bonds. The van der Waals surface area contributed by atoms with Gasteiger partial charge in [-0.05, 0) is 50.6 Å². The number of carboxylic acids is 1. The van der Waals surface area contributed by atoms with E-state index in [2.05, 4.69) is 5.10 Å². The molecule has 0 saturated heterocycles. The van der Waals surface area contributed by atoms with Gasteiger partial charge in [0, 0.05) is 12.6 Å². The van der Waals surface area contributed by atoms with Crippen molar-refractivity contribution in [1.29, 1.82) is 0 Å². The molecular weight excluding hydrogens is 256 g/mol. The van der Waals surface area contributed by atoms with E-state index in [0.717, 1.165) is 22.6 Å². The van der Waals surface area contributed by atoms with Gasteiger partial charge in [0.15, 0.2) is 5.69 Å². The minimum atomic E-state index is -1.02. The zero-order valence-electron chi connectivity index (χ0n) is 12.0. The summed E-state index contributed by atoms with van der Waals surface area (Å²) in [5.41, 5.74) is 2.74. The summed E-state index contributed by atoms with van der Waals surface area (Å²) in [6.07, 6.45) is 0.120. The van der Waals surface area contributed by atoms with E-state index in [9.17, 15) is 4.79 Å².